The number of hydrogen-bond acceptors (Lipinski definition) is 3. The van der Waals surface area contributed by atoms with Crippen molar-refractivity contribution in [3.05, 3.63) is 59.7 Å². The van der Waals surface area contributed by atoms with E-state index in [-0.39, 0.29) is 12.5 Å². The van der Waals surface area contributed by atoms with Crippen LogP contribution in [0.25, 0.3) is 0 Å². The molecule has 0 saturated heterocycles. The topological polar surface area (TPSA) is 66.8 Å². The highest BCUT2D eigenvalue weighted by molar-refractivity contribution is 6.07. The van der Waals surface area contributed by atoms with E-state index in [1.54, 1.807) is 36.4 Å². The van der Waals surface area contributed by atoms with Gasteiger partial charge in [0.25, 0.3) is 5.91 Å². The highest BCUT2D eigenvalue weighted by atomic mass is 16.5. The first-order valence-electron chi connectivity index (χ1n) is 6.93. The molecular weight excluding hydrogens is 282 g/mol. The zero-order valence-electron chi connectivity index (χ0n) is 12.0. The van der Waals surface area contributed by atoms with Crippen LogP contribution in [-0.4, -0.2) is 29.6 Å². The zero-order valence-corrected chi connectivity index (χ0v) is 12.0. The fourth-order valence-corrected chi connectivity index (χ4v) is 2.41. The van der Waals surface area contributed by atoms with Crippen LogP contribution in [0.5, 0.6) is 5.75 Å². The smallest absolute Gasteiger partial charge is 0.346 e. The van der Waals surface area contributed by atoms with Gasteiger partial charge in [0.2, 0.25) is 6.10 Å². The second-order valence-corrected chi connectivity index (χ2v) is 5.19. The van der Waals surface area contributed by atoms with Crippen LogP contribution in [0.3, 0.4) is 0 Å². The number of amides is 1. The van der Waals surface area contributed by atoms with Crippen molar-refractivity contribution in [2.24, 2.45) is 0 Å². The second kappa shape index (κ2) is 5.52. The van der Waals surface area contributed by atoms with Gasteiger partial charge in [0.05, 0.1) is 12.2 Å². The molecule has 1 aliphatic heterocycles. The summed E-state index contributed by atoms with van der Waals surface area (Å²) in [5, 5.41) is 9.21. The summed E-state index contributed by atoms with van der Waals surface area (Å²) >= 11 is 0. The van der Waals surface area contributed by atoms with Gasteiger partial charge in [0, 0.05) is 5.56 Å². The highest BCUT2D eigenvalue weighted by Crippen LogP contribution is 2.34. The van der Waals surface area contributed by atoms with Crippen molar-refractivity contribution < 1.29 is 19.4 Å². The maximum absolute atomic E-state index is 12.7. The van der Waals surface area contributed by atoms with Gasteiger partial charge in [-0.1, -0.05) is 29.8 Å². The van der Waals surface area contributed by atoms with Crippen molar-refractivity contribution in [3.63, 3.8) is 0 Å². The third kappa shape index (κ3) is 2.53. The van der Waals surface area contributed by atoms with Crippen LogP contribution in [0, 0.1) is 6.92 Å². The number of ether oxygens (including phenoxy) is 1. The summed E-state index contributed by atoms with van der Waals surface area (Å²) in [5.41, 5.74) is 2.17. The number of nitrogens with zero attached hydrogens (tertiary/aromatic N) is 1. The van der Waals surface area contributed by atoms with E-state index in [1.165, 1.54) is 4.90 Å². The van der Waals surface area contributed by atoms with E-state index in [0.717, 1.165) is 5.56 Å². The molecule has 0 radical (unpaired) electrons. The van der Waals surface area contributed by atoms with Crippen LogP contribution in [-0.2, 0) is 4.79 Å². The van der Waals surface area contributed by atoms with E-state index in [4.69, 9.17) is 4.74 Å². The van der Waals surface area contributed by atoms with Gasteiger partial charge in [-0.25, -0.2) is 4.79 Å². The van der Waals surface area contributed by atoms with Crippen molar-refractivity contribution in [1.82, 2.24) is 0 Å². The lowest BCUT2D eigenvalue weighted by molar-refractivity contribution is -0.144. The van der Waals surface area contributed by atoms with Crippen LogP contribution < -0.4 is 9.64 Å². The van der Waals surface area contributed by atoms with E-state index in [2.05, 4.69) is 0 Å². The molecule has 1 heterocycles. The molecule has 1 N–H and O–H groups in total. The Bertz CT molecular complexity index is 724. The Kier molecular flexibility index (Phi) is 3.55. The van der Waals surface area contributed by atoms with Crippen LogP contribution >= 0.6 is 0 Å². The lowest BCUT2D eigenvalue weighted by Crippen LogP contribution is -2.47. The Morgan fingerprint density at radius 2 is 1.82 bits per heavy atom. The summed E-state index contributed by atoms with van der Waals surface area (Å²) in [5.74, 6) is -0.917. The average Bonchev–Trinajstić information content (AvgIpc) is 2.53. The second-order valence-electron chi connectivity index (χ2n) is 5.19. The number of aryl methyl sites for hydroxylation is 1. The van der Waals surface area contributed by atoms with Crippen molar-refractivity contribution >= 4 is 17.6 Å². The first kappa shape index (κ1) is 14.1. The van der Waals surface area contributed by atoms with Crippen LogP contribution in [0.1, 0.15) is 15.9 Å². The van der Waals surface area contributed by atoms with E-state index in [9.17, 15) is 14.7 Å². The average molecular weight is 297 g/mol. The number of anilines is 1. The summed E-state index contributed by atoms with van der Waals surface area (Å²) in [6.45, 7) is 1.93. The normalized spacial score (nSPS) is 16.6. The molecule has 1 atom stereocenters. The lowest BCUT2D eigenvalue weighted by atomic mass is 10.1. The number of fused-ring (bicyclic) bond motifs is 1. The quantitative estimate of drug-likeness (QED) is 0.924. The van der Waals surface area contributed by atoms with E-state index >= 15 is 0 Å². The van der Waals surface area contributed by atoms with Crippen LogP contribution in [0.2, 0.25) is 0 Å². The number of hydrogen-bond donors (Lipinski definition) is 1. The van der Waals surface area contributed by atoms with Gasteiger partial charge in [-0.2, -0.15) is 0 Å². The molecule has 2 aromatic rings. The van der Waals surface area contributed by atoms with E-state index in [0.29, 0.717) is 17.0 Å². The Morgan fingerprint density at radius 3 is 2.50 bits per heavy atom. The molecule has 5 nitrogen and oxygen atoms in total. The molecule has 5 heteroatoms. The van der Waals surface area contributed by atoms with Crippen molar-refractivity contribution in [2.75, 3.05) is 11.4 Å². The van der Waals surface area contributed by atoms with Crippen molar-refractivity contribution in [2.45, 2.75) is 13.0 Å². The number of aliphatic carboxylic acids is 1. The molecule has 0 aromatic heterocycles. The Balaban J connectivity index is 1.99. The fraction of sp³-hybridized carbons (Fsp3) is 0.176. The maximum Gasteiger partial charge on any atom is 0.346 e. The lowest BCUT2D eigenvalue weighted by Gasteiger charge is -2.33. The summed E-state index contributed by atoms with van der Waals surface area (Å²) in [7, 11) is 0. The summed E-state index contributed by atoms with van der Waals surface area (Å²) in [6.07, 6.45) is -1.07. The molecule has 3 rings (SSSR count). The summed E-state index contributed by atoms with van der Waals surface area (Å²) < 4.78 is 5.44. The monoisotopic (exact) mass is 297 g/mol. The number of carbonyl (C=O) groups excluding carboxylic acids is 1. The molecule has 0 aliphatic carbocycles. The third-order valence-corrected chi connectivity index (χ3v) is 3.59. The number of carboxylic acids is 1. The SMILES string of the molecule is Cc1ccc(C(=O)N2C[C@@H](C(=O)O)Oc3ccccc32)cc1. The number of rotatable bonds is 2. The Labute approximate surface area is 127 Å². The number of benzene rings is 2. The fourth-order valence-electron chi connectivity index (χ4n) is 2.41. The third-order valence-electron chi connectivity index (χ3n) is 3.59. The summed E-state index contributed by atoms with van der Waals surface area (Å²) in [6, 6.07) is 14.1. The molecule has 112 valence electrons. The molecule has 0 unspecified atom stereocenters. The number of para-hydroxylation sites is 2. The van der Waals surface area contributed by atoms with Gasteiger partial charge in [-0.15, -0.1) is 0 Å². The highest BCUT2D eigenvalue weighted by Gasteiger charge is 2.33. The number of carboxylic acid groups (broad SMARTS) is 1. The predicted molar refractivity (Wildman–Crippen MR) is 81.3 cm³/mol. The molecule has 22 heavy (non-hydrogen) atoms. The van der Waals surface area contributed by atoms with Gasteiger partial charge in [0.1, 0.15) is 5.75 Å². The van der Waals surface area contributed by atoms with Crippen LogP contribution in [0.15, 0.2) is 48.5 Å². The van der Waals surface area contributed by atoms with Crippen molar-refractivity contribution in [3.8, 4) is 5.75 Å². The van der Waals surface area contributed by atoms with Gasteiger partial charge in [0.15, 0.2) is 0 Å². The van der Waals surface area contributed by atoms with E-state index < -0.39 is 12.1 Å². The maximum atomic E-state index is 12.7. The van der Waals surface area contributed by atoms with Crippen molar-refractivity contribution in [1.29, 1.82) is 0 Å². The summed E-state index contributed by atoms with van der Waals surface area (Å²) in [4.78, 5) is 25.4. The molecule has 0 spiro atoms. The van der Waals surface area contributed by atoms with Gasteiger partial charge < -0.3 is 14.7 Å². The Morgan fingerprint density at radius 1 is 1.14 bits per heavy atom. The first-order valence-corrected chi connectivity index (χ1v) is 6.93. The minimum absolute atomic E-state index is 0.0148. The van der Waals surface area contributed by atoms with Gasteiger partial charge in [-0.3, -0.25) is 4.79 Å². The molecule has 0 fully saturated rings. The van der Waals surface area contributed by atoms with Gasteiger partial charge >= 0.3 is 5.97 Å². The predicted octanol–water partition coefficient (Wildman–Crippen LogP) is 2.49. The zero-order chi connectivity index (χ0) is 15.7. The van der Waals surface area contributed by atoms with Gasteiger partial charge in [-0.05, 0) is 31.2 Å². The largest absolute Gasteiger partial charge is 0.478 e. The minimum Gasteiger partial charge on any atom is -0.478 e. The molecule has 1 aliphatic rings. The molecule has 2 aromatic carbocycles. The minimum atomic E-state index is -1.09. The molecular formula is C17H15NO4. The van der Waals surface area contributed by atoms with E-state index in [1.807, 2.05) is 19.1 Å². The number of carbonyl (C=O) groups is 2. The molecule has 0 saturated carbocycles. The first-order chi connectivity index (χ1) is 10.6. The Hall–Kier alpha value is -2.82. The van der Waals surface area contributed by atoms with Crippen LogP contribution in [0.4, 0.5) is 5.69 Å². The molecule has 0 bridgehead atoms. The standard InChI is InChI=1S/C17H15NO4/c1-11-6-8-12(9-7-11)16(19)18-10-15(17(20)21)22-14-5-3-2-4-13(14)18/h2-9,15H,10H2,1H3,(H,20,21)/t15-/m0/s1. The molecule has 1 amide bonds.